The number of carboxylic acid groups (broad SMARTS) is 3. The average molecular weight is 1920 g/mol. The van der Waals surface area contributed by atoms with Gasteiger partial charge in [0.25, 0.3) is 11.8 Å². The highest BCUT2D eigenvalue weighted by atomic mass is 16.4. The maximum Gasteiger partial charge on any atom is 0.304 e. The summed E-state index contributed by atoms with van der Waals surface area (Å²) in [6.07, 6.45) is -9.66. The minimum atomic E-state index is -2.00. The van der Waals surface area contributed by atoms with Crippen LogP contribution < -0.4 is 43.0 Å². The van der Waals surface area contributed by atoms with Crippen molar-refractivity contribution in [2.24, 2.45) is 64.4 Å². The molecule has 0 bridgehead atoms. The summed E-state index contributed by atoms with van der Waals surface area (Å²) >= 11 is 0. The molecule has 1 heterocycles. The molecule has 0 aromatic heterocycles. The van der Waals surface area contributed by atoms with Crippen molar-refractivity contribution >= 4 is 117 Å². The van der Waals surface area contributed by atoms with E-state index >= 15 is 0 Å². The number of nitrogens with two attached hydrogens (primary N) is 1. The molecule has 4 aromatic carbocycles. The van der Waals surface area contributed by atoms with E-state index in [0.717, 1.165) is 18.7 Å². The van der Waals surface area contributed by atoms with Gasteiger partial charge in [0.15, 0.2) is 34.7 Å². The molecule has 0 saturated carbocycles. The second-order valence-electron chi connectivity index (χ2n) is 36.6. The third-order valence-corrected chi connectivity index (χ3v) is 24.7. The van der Waals surface area contributed by atoms with Crippen molar-refractivity contribution in [2.75, 3.05) is 32.8 Å². The van der Waals surface area contributed by atoms with Gasteiger partial charge < -0.3 is 88.9 Å². The predicted molar refractivity (Wildman–Crippen MR) is 496 cm³/mol. The molecule has 0 unspecified atom stereocenters. The van der Waals surface area contributed by atoms with E-state index in [1.165, 1.54) is 62.4 Å². The molecular formula is C99H135N9O29. The van der Waals surface area contributed by atoms with Gasteiger partial charge in [0.05, 0.1) is 115 Å². The molecule has 137 heavy (non-hydrogen) atoms. The fourth-order valence-corrected chi connectivity index (χ4v) is 16.0. The van der Waals surface area contributed by atoms with Crippen LogP contribution in [0.5, 0.6) is 11.5 Å². The Morgan fingerprint density at radius 3 is 1.36 bits per heavy atom. The summed E-state index contributed by atoms with van der Waals surface area (Å²) in [5.74, 6) is -31.4. The number of phenols is 2. The maximum absolute atomic E-state index is 14.9. The van der Waals surface area contributed by atoms with Gasteiger partial charge in [-0.25, -0.2) is 0 Å². The van der Waals surface area contributed by atoms with E-state index in [1.54, 1.807) is 89.2 Å². The topological polar surface area (TPSA) is 637 Å². The fourth-order valence-electron chi connectivity index (χ4n) is 16.0. The fraction of sp³-hybridized carbons (Fsp3) is 0.556. The van der Waals surface area contributed by atoms with Gasteiger partial charge in [-0.2, -0.15) is 0 Å². The van der Waals surface area contributed by atoms with Crippen LogP contribution in [0.2, 0.25) is 0 Å². The van der Waals surface area contributed by atoms with Crippen LogP contribution in [0, 0.1) is 58.7 Å². The molecule has 0 spiro atoms. The van der Waals surface area contributed by atoms with Crippen LogP contribution >= 0.6 is 0 Å². The zero-order valence-corrected chi connectivity index (χ0v) is 79.1. The van der Waals surface area contributed by atoms with Gasteiger partial charge in [-0.05, 0) is 164 Å². The first-order valence-corrected chi connectivity index (χ1v) is 46.4. The zero-order valence-electron chi connectivity index (χ0n) is 79.1. The lowest BCUT2D eigenvalue weighted by Gasteiger charge is -2.28. The molecule has 16 atom stereocenters. The van der Waals surface area contributed by atoms with Crippen LogP contribution in [-0.2, 0) is 106 Å². The Morgan fingerprint density at radius 2 is 0.861 bits per heavy atom. The molecule has 18 N–H and O–H groups in total. The lowest BCUT2D eigenvalue weighted by atomic mass is 9.77. The summed E-state index contributed by atoms with van der Waals surface area (Å²) in [5, 5.41) is 111. The summed E-state index contributed by atoms with van der Waals surface area (Å²) in [7, 11) is 0. The number of ketones is 8. The van der Waals surface area contributed by atoms with E-state index in [0.29, 0.717) is 49.8 Å². The summed E-state index contributed by atoms with van der Waals surface area (Å²) in [5.41, 5.74) is 5.66. The Kier molecular flexibility index (Phi) is 47.7. The Balaban J connectivity index is 1.29. The number of imide groups is 1. The minimum Gasteiger partial charge on any atom is -0.508 e. The molecule has 0 fully saturated rings. The van der Waals surface area contributed by atoms with Crippen molar-refractivity contribution in [2.45, 2.75) is 258 Å². The summed E-state index contributed by atoms with van der Waals surface area (Å²) in [6.45, 7) is 10.9. The van der Waals surface area contributed by atoms with Gasteiger partial charge in [-0.1, -0.05) is 114 Å². The minimum absolute atomic E-state index is 0.0220. The van der Waals surface area contributed by atoms with E-state index in [-0.39, 0.29) is 79.2 Å². The number of aliphatic hydroxyl groups excluding tert-OH is 4. The molecule has 1 aliphatic rings. The van der Waals surface area contributed by atoms with Gasteiger partial charge in [-0.3, -0.25) is 101 Å². The molecule has 4 aromatic rings. The van der Waals surface area contributed by atoms with Crippen molar-refractivity contribution in [3.63, 3.8) is 0 Å². The van der Waals surface area contributed by atoms with E-state index in [9.17, 15) is 142 Å². The van der Waals surface area contributed by atoms with Crippen LogP contribution in [0.25, 0.3) is 0 Å². The number of nitrogens with zero attached hydrogens (tertiary/aromatic N) is 1. The number of aliphatic carboxylic acids is 3. The first-order valence-electron chi connectivity index (χ1n) is 46.4. The highest BCUT2D eigenvalue weighted by Crippen LogP contribution is 2.31. The summed E-state index contributed by atoms with van der Waals surface area (Å²) < 4.78 is 0. The van der Waals surface area contributed by atoms with Crippen LogP contribution in [0.1, 0.15) is 228 Å². The van der Waals surface area contributed by atoms with Crippen LogP contribution in [0.3, 0.4) is 0 Å². The first-order chi connectivity index (χ1) is 64.6. The molecule has 0 aliphatic carbocycles. The van der Waals surface area contributed by atoms with Crippen molar-refractivity contribution in [1.82, 2.24) is 42.1 Å². The number of hydrogen-bond donors (Lipinski definition) is 17. The van der Waals surface area contributed by atoms with Crippen LogP contribution in [-0.4, -0.2) is 250 Å². The number of hydrogen-bond acceptors (Lipinski definition) is 27. The quantitative estimate of drug-likeness (QED) is 0.0165. The van der Waals surface area contributed by atoms with Crippen LogP contribution in [0.15, 0.2) is 103 Å². The van der Waals surface area contributed by atoms with Gasteiger partial charge >= 0.3 is 17.9 Å². The Hall–Kier alpha value is -12.5. The molecule has 38 heteroatoms. The molecule has 0 saturated heterocycles. The second-order valence-corrected chi connectivity index (χ2v) is 36.6. The Bertz CT molecular complexity index is 4830. The largest absolute Gasteiger partial charge is 0.508 e. The first kappa shape index (κ1) is 115. The highest BCUT2D eigenvalue weighted by molar-refractivity contribution is 6.21. The lowest BCUT2D eigenvalue weighted by molar-refractivity contribution is -0.143. The highest BCUT2D eigenvalue weighted by Gasteiger charge is 2.43. The number of aliphatic hydroxyl groups is 4. The molecule has 9 amide bonds. The smallest absolute Gasteiger partial charge is 0.304 e. The van der Waals surface area contributed by atoms with Crippen molar-refractivity contribution in [1.29, 1.82) is 0 Å². The number of carbonyl (C=O) groups is 20. The average Bonchev–Trinajstić information content (AvgIpc) is 1.64. The number of phenolic OH excluding ortho intramolecular Hbond substituents is 2. The Labute approximate surface area is 795 Å². The number of unbranched alkanes of at least 4 members (excludes halogenated alkanes) is 3. The summed E-state index contributed by atoms with van der Waals surface area (Å²) in [6, 6.07) is 16.7. The number of aromatic hydroxyl groups is 2. The van der Waals surface area contributed by atoms with Crippen molar-refractivity contribution in [3.05, 3.63) is 131 Å². The van der Waals surface area contributed by atoms with E-state index < -0.39 is 315 Å². The van der Waals surface area contributed by atoms with Gasteiger partial charge in [-0.15, -0.1) is 0 Å². The third-order valence-electron chi connectivity index (χ3n) is 24.7. The van der Waals surface area contributed by atoms with Gasteiger partial charge in [0, 0.05) is 82.2 Å². The number of amides is 9. The normalized spacial score (nSPS) is 15.5. The molecule has 0 radical (unpaired) electrons. The number of carboxylic acids is 3. The van der Waals surface area contributed by atoms with Crippen LogP contribution in [0.4, 0.5) is 0 Å². The number of rotatable bonds is 67. The monoisotopic (exact) mass is 1910 g/mol. The molecule has 5 rings (SSSR count). The third kappa shape index (κ3) is 37.8. The number of benzene rings is 4. The number of fused-ring (bicyclic) bond motifs is 1. The zero-order chi connectivity index (χ0) is 102. The predicted octanol–water partition coefficient (Wildman–Crippen LogP) is 4.43. The molecule has 38 nitrogen and oxygen atoms in total. The number of Topliss-reactive ketones (excluding diaryl/α,β-unsaturated/α-hetero) is 8. The molecular weight excluding hydrogens is 1780 g/mol. The number of nitrogens with one attached hydrogen (secondary N) is 7. The van der Waals surface area contributed by atoms with Crippen molar-refractivity contribution in [3.8, 4) is 11.5 Å². The standard InChI is InChI=1S/C99H135N9O29/c1-10-56(4)89(83(120)45-64(40-61-27-32-68(113)33-28-61)92(131)103-75(39-55(2)3)79(116)43-65(48-87(125)126)91(130)102-57(5)21-18-19-37-100)107-94(133)67(53-109)46-80(117)76(42-62-29-34-69(114)35-30-62)104-93(132)66(49-88(127)128)44-81(118)78(54-110)106-96(135)74(59(7)112)51-82(119)77(41-60-22-13-11-14-23-60)105-95(134)73(58(6)111)50-70(115)52-101-90(129)63(31-36-86(123)124)47-85(122)99(8,9)84(121)26-15-12-20-38-108-97(136)71-24-16-17-25-72(71)98(108)137/h11,13-14,16-17,22-25,27-30,32-35,55-59,63-67,73-78,89,109-114H,10,12,15,18-21,26,31,36-54,100H2,1-9H3,(H,101,129)(H,102,130)(H,103,131)(H,104,132)(H,105,134)(H,106,135)(H,107,133)(H,123,124)(H,125,126)(H,127,128)/t56-,57+,58+,59+,63+,64+,65-,66-,67-,73-,74-,75-,76-,77-,78-,89-/m0/s1. The second kappa shape index (κ2) is 56.9. The maximum atomic E-state index is 14.9. The van der Waals surface area contributed by atoms with Crippen molar-refractivity contribution < 1.29 is 142 Å². The molecule has 1 aliphatic heterocycles. The summed E-state index contributed by atoms with van der Waals surface area (Å²) in [4.78, 5) is 277. The lowest BCUT2D eigenvalue weighted by Crippen LogP contribution is -2.52. The van der Waals surface area contributed by atoms with Gasteiger partial charge in [0.1, 0.15) is 29.1 Å². The van der Waals surface area contributed by atoms with Gasteiger partial charge in [0.2, 0.25) is 41.4 Å². The molecule has 750 valence electrons. The van der Waals surface area contributed by atoms with E-state index in [1.807, 2.05) is 0 Å². The SMILES string of the molecule is CC[C@H](C)[C@H](NC(=O)[C@H](CO)CC(=O)[C@H](Cc1ccc(O)cc1)NC(=O)[C@H](CC(=O)O)CC(=O)[C@H](CO)NC(=O)[C@@H](CC(=O)[C@H](Cc1ccccc1)NC(=O)[C@@H](CC(=O)CNC(=O)[C@H](CCC(=O)O)CC(=O)C(C)(C)C(=O)CCCCCN1C(=O)c2ccccc2C1=O)[C@@H](C)O)[C@@H](C)O)C(=O)C[C@@H](Cc1ccc(O)cc1)C(=O)N[C@@H](CC(C)C)C(=O)C[C@@H](CC(=O)O)C(=O)N[C@H](C)CCCCN. The Morgan fingerprint density at radius 1 is 0.409 bits per heavy atom. The van der Waals surface area contributed by atoms with E-state index in [4.69, 9.17) is 5.73 Å². The van der Waals surface area contributed by atoms with E-state index in [2.05, 4.69) is 37.2 Å². The number of carbonyl (C=O) groups excluding carboxylic acids is 17.